The molecule has 2 bridgehead atoms. The number of nitrogens with zero attached hydrogens (tertiary/aromatic N) is 3. The quantitative estimate of drug-likeness (QED) is 0.737. The Hall–Kier alpha value is -0.980. The first-order valence-corrected chi connectivity index (χ1v) is 10.5. The molecule has 3 aliphatic heterocycles. The second-order valence-corrected chi connectivity index (χ2v) is 10.1. The Morgan fingerprint density at radius 1 is 1.15 bits per heavy atom. The Labute approximate surface area is 163 Å². The average molecular weight is 420 g/mol. The molecule has 26 heavy (non-hydrogen) atoms. The Bertz CT molecular complexity index is 758. The number of fused-ring (bicyclic) bond motifs is 3. The molecule has 4 aliphatic rings. The van der Waals surface area contributed by atoms with Gasteiger partial charge in [0.25, 0.3) is 0 Å². The number of halogens is 1. The average Bonchev–Trinajstić information content (AvgIpc) is 2.92. The number of amides is 1. The van der Waals surface area contributed by atoms with Crippen molar-refractivity contribution in [3.63, 3.8) is 0 Å². The third kappa shape index (κ3) is 2.21. The van der Waals surface area contributed by atoms with E-state index in [1.807, 2.05) is 18.7 Å². The highest BCUT2D eigenvalue weighted by Gasteiger charge is 2.58. The first-order chi connectivity index (χ1) is 12.3. The number of hydrogen-bond acceptors (Lipinski definition) is 4. The maximum atomic E-state index is 13.2. The van der Waals surface area contributed by atoms with Crippen LogP contribution in [0.25, 0.3) is 0 Å². The molecule has 1 saturated carbocycles. The molecule has 6 heteroatoms. The fourth-order valence-electron chi connectivity index (χ4n) is 5.83. The third-order valence-electron chi connectivity index (χ3n) is 7.02. The van der Waals surface area contributed by atoms with E-state index < -0.39 is 5.41 Å². The summed E-state index contributed by atoms with van der Waals surface area (Å²) in [6, 6.07) is 3.46. The molecule has 5 rings (SSSR count). The molecule has 1 aliphatic carbocycles. The van der Waals surface area contributed by atoms with E-state index >= 15 is 0 Å². The van der Waals surface area contributed by atoms with Crippen molar-refractivity contribution in [2.75, 3.05) is 18.1 Å². The zero-order valence-corrected chi connectivity index (χ0v) is 17.3. The van der Waals surface area contributed by atoms with Crippen molar-refractivity contribution < 1.29 is 9.53 Å². The van der Waals surface area contributed by atoms with Crippen molar-refractivity contribution in [3.8, 4) is 0 Å². The minimum Gasteiger partial charge on any atom is -0.378 e. The van der Waals surface area contributed by atoms with E-state index in [0.29, 0.717) is 12.1 Å². The molecule has 2 unspecified atom stereocenters. The summed E-state index contributed by atoms with van der Waals surface area (Å²) < 4.78 is 6.69. The lowest BCUT2D eigenvalue weighted by atomic mass is 9.71. The Morgan fingerprint density at radius 3 is 2.46 bits per heavy atom. The third-order valence-corrected chi connectivity index (χ3v) is 7.45. The number of pyridine rings is 1. The Kier molecular flexibility index (Phi) is 3.64. The van der Waals surface area contributed by atoms with Crippen LogP contribution in [-0.2, 0) is 14.9 Å². The largest absolute Gasteiger partial charge is 0.378 e. The zero-order chi connectivity index (χ0) is 18.3. The number of carbonyl (C=O) groups excluding carboxylic acids is 1. The van der Waals surface area contributed by atoms with Crippen molar-refractivity contribution in [1.82, 2.24) is 9.88 Å². The first kappa shape index (κ1) is 17.1. The van der Waals surface area contributed by atoms with Crippen LogP contribution in [0.15, 0.2) is 16.7 Å². The van der Waals surface area contributed by atoms with Crippen LogP contribution in [0, 0.1) is 0 Å². The van der Waals surface area contributed by atoms with E-state index in [-0.39, 0.29) is 17.5 Å². The SMILES string of the molecule is CC1(C)C(=O)N(C2CC(C)(N3C4CCC3COC4)C2)c2cc(Br)cnc21. The van der Waals surface area contributed by atoms with Crippen molar-refractivity contribution in [2.45, 2.75) is 75.5 Å². The van der Waals surface area contributed by atoms with Gasteiger partial charge in [-0.25, -0.2) is 0 Å². The minimum atomic E-state index is -0.542. The topological polar surface area (TPSA) is 45.7 Å². The first-order valence-electron chi connectivity index (χ1n) is 9.67. The van der Waals surface area contributed by atoms with Crippen LogP contribution >= 0.6 is 15.9 Å². The Morgan fingerprint density at radius 2 is 1.81 bits per heavy atom. The molecule has 2 saturated heterocycles. The second-order valence-electron chi connectivity index (χ2n) is 9.21. The van der Waals surface area contributed by atoms with Crippen LogP contribution in [0.1, 0.15) is 52.1 Å². The summed E-state index contributed by atoms with van der Waals surface area (Å²) in [5.74, 6) is 0.190. The van der Waals surface area contributed by atoms with Crippen LogP contribution in [0.4, 0.5) is 5.69 Å². The summed E-state index contributed by atoms with van der Waals surface area (Å²) in [6.07, 6.45) is 6.37. The van der Waals surface area contributed by atoms with E-state index in [1.165, 1.54) is 12.8 Å². The normalized spacial score (nSPS) is 38.4. The number of rotatable bonds is 2. The number of morpholine rings is 1. The van der Waals surface area contributed by atoms with E-state index in [2.05, 4.69) is 38.8 Å². The van der Waals surface area contributed by atoms with Gasteiger partial charge in [-0.15, -0.1) is 0 Å². The van der Waals surface area contributed by atoms with Crippen molar-refractivity contribution in [3.05, 3.63) is 22.4 Å². The van der Waals surface area contributed by atoms with Gasteiger partial charge in [0.05, 0.1) is 30.0 Å². The molecule has 4 heterocycles. The predicted octanol–water partition coefficient (Wildman–Crippen LogP) is 3.25. The van der Waals surface area contributed by atoms with E-state index in [4.69, 9.17) is 4.74 Å². The fraction of sp³-hybridized carbons (Fsp3) is 0.700. The molecule has 140 valence electrons. The summed E-state index contributed by atoms with van der Waals surface area (Å²) >= 11 is 3.53. The number of aromatic nitrogens is 1. The summed E-state index contributed by atoms with van der Waals surface area (Å²) in [7, 11) is 0. The van der Waals surface area contributed by atoms with Gasteiger partial charge in [-0.05, 0) is 68.5 Å². The highest BCUT2D eigenvalue weighted by atomic mass is 79.9. The van der Waals surface area contributed by atoms with Crippen LogP contribution in [-0.4, -0.2) is 52.7 Å². The van der Waals surface area contributed by atoms with Gasteiger partial charge in [0.15, 0.2) is 0 Å². The van der Waals surface area contributed by atoms with Gasteiger partial charge in [-0.1, -0.05) is 0 Å². The van der Waals surface area contributed by atoms with Gasteiger partial charge >= 0.3 is 0 Å². The number of anilines is 1. The molecule has 1 aromatic rings. The molecule has 1 aromatic heterocycles. The maximum absolute atomic E-state index is 13.2. The molecular formula is C20H26BrN3O2. The number of ether oxygens (including phenoxy) is 1. The lowest BCUT2D eigenvalue weighted by molar-refractivity contribution is -0.126. The Balaban J connectivity index is 1.41. The van der Waals surface area contributed by atoms with Gasteiger partial charge in [0, 0.05) is 34.3 Å². The van der Waals surface area contributed by atoms with Crippen LogP contribution in [0.5, 0.6) is 0 Å². The van der Waals surface area contributed by atoms with Crippen molar-refractivity contribution in [2.24, 2.45) is 0 Å². The van der Waals surface area contributed by atoms with Gasteiger partial charge in [0.1, 0.15) is 0 Å². The van der Waals surface area contributed by atoms with Gasteiger partial charge < -0.3 is 9.64 Å². The molecule has 0 spiro atoms. The van der Waals surface area contributed by atoms with Gasteiger partial charge in [-0.3, -0.25) is 14.7 Å². The zero-order valence-electron chi connectivity index (χ0n) is 15.7. The summed E-state index contributed by atoms with van der Waals surface area (Å²) in [6.45, 7) is 8.11. The smallest absolute Gasteiger partial charge is 0.239 e. The molecule has 1 amide bonds. The van der Waals surface area contributed by atoms with E-state index in [0.717, 1.165) is 41.9 Å². The van der Waals surface area contributed by atoms with Crippen LogP contribution < -0.4 is 4.90 Å². The molecule has 0 N–H and O–H groups in total. The second kappa shape index (κ2) is 5.52. The van der Waals surface area contributed by atoms with E-state index in [1.54, 1.807) is 6.20 Å². The highest BCUT2D eigenvalue weighted by Crippen LogP contribution is 2.51. The summed E-state index contributed by atoms with van der Waals surface area (Å²) in [4.78, 5) is 22.5. The minimum absolute atomic E-state index is 0.187. The number of carbonyl (C=O) groups is 1. The highest BCUT2D eigenvalue weighted by molar-refractivity contribution is 9.10. The molecular weight excluding hydrogens is 394 g/mol. The standard InChI is InChI=1S/C20H26BrN3O2/c1-19(2)17-16(6-12(21)9-22-17)23(18(19)25)15-7-20(3,8-15)24-13-4-5-14(24)11-26-10-13/h6,9,13-15H,4-5,7-8,10-11H2,1-3H3. The van der Waals surface area contributed by atoms with Crippen LogP contribution in [0.3, 0.4) is 0 Å². The lowest BCUT2D eigenvalue weighted by Gasteiger charge is -2.58. The van der Waals surface area contributed by atoms with Crippen LogP contribution in [0.2, 0.25) is 0 Å². The molecule has 2 atom stereocenters. The van der Waals surface area contributed by atoms with Crippen molar-refractivity contribution >= 4 is 27.5 Å². The summed E-state index contributed by atoms with van der Waals surface area (Å²) in [5.41, 5.74) is 1.55. The van der Waals surface area contributed by atoms with Gasteiger partial charge in [-0.2, -0.15) is 0 Å². The molecule has 0 radical (unpaired) electrons. The molecule has 5 nitrogen and oxygen atoms in total. The molecule has 3 fully saturated rings. The monoisotopic (exact) mass is 419 g/mol. The lowest BCUT2D eigenvalue weighted by Crippen LogP contribution is -2.67. The number of hydrogen-bond donors (Lipinski definition) is 0. The van der Waals surface area contributed by atoms with Gasteiger partial charge in [0.2, 0.25) is 5.91 Å². The molecule has 0 aromatic carbocycles. The fourth-order valence-corrected chi connectivity index (χ4v) is 6.15. The van der Waals surface area contributed by atoms with E-state index in [9.17, 15) is 4.79 Å². The predicted molar refractivity (Wildman–Crippen MR) is 103 cm³/mol. The maximum Gasteiger partial charge on any atom is 0.239 e. The summed E-state index contributed by atoms with van der Waals surface area (Å²) in [5, 5.41) is 0. The van der Waals surface area contributed by atoms with Crippen molar-refractivity contribution in [1.29, 1.82) is 0 Å².